The molecule has 0 saturated carbocycles. The highest BCUT2D eigenvalue weighted by Gasteiger charge is 2.04. The van der Waals surface area contributed by atoms with Gasteiger partial charge in [0.25, 0.3) is 0 Å². The van der Waals surface area contributed by atoms with Crippen LogP contribution in [0.15, 0.2) is 36.4 Å². The minimum absolute atomic E-state index is 0.459. The molecule has 9 heteroatoms. The van der Waals surface area contributed by atoms with Gasteiger partial charge in [0.1, 0.15) is 18.0 Å². The summed E-state index contributed by atoms with van der Waals surface area (Å²) in [4.78, 5) is 0. The summed E-state index contributed by atoms with van der Waals surface area (Å²) in [5.74, 6) is 0.657. The van der Waals surface area contributed by atoms with Crippen LogP contribution in [-0.4, -0.2) is 40.2 Å². The molecule has 4 rings (SSSR count). The smallest absolute Gasteiger partial charge is 0.200 e. The second-order valence-corrected chi connectivity index (χ2v) is 4.16. The molecular formula is C11H9N9. The number of rotatable bonds is 3. The Morgan fingerprint density at radius 3 is 2.95 bits per heavy atom. The molecule has 9 nitrogen and oxygen atoms in total. The maximum absolute atomic E-state index is 4.22. The lowest BCUT2D eigenvalue weighted by atomic mass is 10.3. The second-order valence-electron chi connectivity index (χ2n) is 4.16. The third kappa shape index (κ3) is 1.72. The Bertz CT molecular complexity index is 878. The number of fused-ring (bicyclic) bond motifs is 2. The molecule has 0 radical (unpaired) electrons. The Morgan fingerprint density at radius 1 is 1.00 bits per heavy atom. The number of hydrogen-bond acceptors (Lipinski definition) is 7. The predicted molar refractivity (Wildman–Crippen MR) is 69.7 cm³/mol. The van der Waals surface area contributed by atoms with E-state index in [9.17, 15) is 0 Å². The summed E-state index contributed by atoms with van der Waals surface area (Å²) in [5.41, 5.74) is 2.42. The average molecular weight is 267 g/mol. The molecule has 3 heterocycles. The maximum Gasteiger partial charge on any atom is 0.200 e. The number of hydrogen-bond donors (Lipinski definition) is 1. The largest absolute Gasteiger partial charge is 0.349 e. The fraction of sp³-hybridized carbons (Fsp3) is 0.0909. The van der Waals surface area contributed by atoms with Gasteiger partial charge < -0.3 is 5.32 Å². The molecule has 0 fully saturated rings. The van der Waals surface area contributed by atoms with Crippen molar-refractivity contribution in [2.45, 2.75) is 6.67 Å². The van der Waals surface area contributed by atoms with Gasteiger partial charge >= 0.3 is 0 Å². The Labute approximate surface area is 112 Å². The predicted octanol–water partition coefficient (Wildman–Crippen LogP) is 0.334. The van der Waals surface area contributed by atoms with Crippen LogP contribution in [0.2, 0.25) is 0 Å². The van der Waals surface area contributed by atoms with Crippen molar-refractivity contribution in [2.24, 2.45) is 0 Å². The molecule has 0 atom stereocenters. The molecule has 0 saturated heterocycles. The number of aromatic nitrogens is 8. The van der Waals surface area contributed by atoms with E-state index in [2.05, 4.69) is 36.3 Å². The van der Waals surface area contributed by atoms with Gasteiger partial charge in [-0.15, -0.1) is 19.9 Å². The zero-order valence-electron chi connectivity index (χ0n) is 10.2. The molecule has 0 aliphatic heterocycles. The molecule has 4 aromatic rings. The molecular weight excluding hydrogens is 258 g/mol. The molecule has 20 heavy (non-hydrogen) atoms. The van der Waals surface area contributed by atoms with Gasteiger partial charge in [-0.25, -0.2) is 4.68 Å². The summed E-state index contributed by atoms with van der Waals surface area (Å²) < 4.78 is 3.13. The van der Waals surface area contributed by atoms with Gasteiger partial charge in [0.05, 0.1) is 5.52 Å². The first kappa shape index (κ1) is 10.8. The van der Waals surface area contributed by atoms with Crippen LogP contribution in [0.4, 0.5) is 5.82 Å². The first-order chi connectivity index (χ1) is 9.90. The lowest BCUT2D eigenvalue weighted by Gasteiger charge is -2.05. The highest BCUT2D eigenvalue weighted by atomic mass is 15.6. The van der Waals surface area contributed by atoms with Crippen molar-refractivity contribution >= 4 is 22.5 Å². The Hall–Kier alpha value is -3.10. The molecule has 98 valence electrons. The van der Waals surface area contributed by atoms with Crippen LogP contribution in [0, 0.1) is 0 Å². The van der Waals surface area contributed by atoms with Crippen molar-refractivity contribution in [1.82, 2.24) is 40.2 Å². The monoisotopic (exact) mass is 267 g/mol. The minimum atomic E-state index is 0.459. The fourth-order valence-electron chi connectivity index (χ4n) is 1.93. The number of nitrogens with zero attached hydrogens (tertiary/aromatic N) is 8. The maximum atomic E-state index is 4.22. The van der Waals surface area contributed by atoms with E-state index in [4.69, 9.17) is 0 Å². The molecule has 0 bridgehead atoms. The van der Waals surface area contributed by atoms with E-state index in [0.717, 1.165) is 11.0 Å². The van der Waals surface area contributed by atoms with Crippen LogP contribution in [0.3, 0.4) is 0 Å². The Balaban J connectivity index is 1.60. The number of anilines is 1. The lowest BCUT2D eigenvalue weighted by molar-refractivity contribution is 0.648. The molecule has 3 aromatic heterocycles. The molecule has 0 amide bonds. The van der Waals surface area contributed by atoms with Crippen LogP contribution < -0.4 is 5.32 Å². The number of para-hydroxylation sites is 1. The SMILES string of the molecule is c1ccc2c(c1)nnn2CNc1ccc2nnnn2n1. The molecule has 0 aliphatic rings. The summed E-state index contributed by atoms with van der Waals surface area (Å²) in [6, 6.07) is 11.4. The van der Waals surface area contributed by atoms with E-state index in [1.807, 2.05) is 30.3 Å². The highest BCUT2D eigenvalue weighted by Crippen LogP contribution is 2.10. The summed E-state index contributed by atoms with van der Waals surface area (Å²) in [6.45, 7) is 0.459. The van der Waals surface area contributed by atoms with Crippen molar-refractivity contribution in [3.8, 4) is 0 Å². The normalized spacial score (nSPS) is 11.2. The van der Waals surface area contributed by atoms with Crippen LogP contribution >= 0.6 is 0 Å². The molecule has 0 spiro atoms. The first-order valence-electron chi connectivity index (χ1n) is 5.98. The fourth-order valence-corrected chi connectivity index (χ4v) is 1.93. The van der Waals surface area contributed by atoms with E-state index < -0.39 is 0 Å². The number of benzene rings is 1. The van der Waals surface area contributed by atoms with Crippen molar-refractivity contribution < 1.29 is 0 Å². The van der Waals surface area contributed by atoms with Crippen LogP contribution in [0.25, 0.3) is 16.7 Å². The van der Waals surface area contributed by atoms with E-state index in [0.29, 0.717) is 18.1 Å². The summed E-state index contributed by atoms with van der Waals surface area (Å²) in [6.07, 6.45) is 0. The van der Waals surface area contributed by atoms with Gasteiger partial charge in [-0.2, -0.15) is 0 Å². The lowest BCUT2D eigenvalue weighted by Crippen LogP contribution is -2.11. The zero-order valence-corrected chi connectivity index (χ0v) is 10.2. The van der Waals surface area contributed by atoms with Gasteiger partial charge in [-0.3, -0.25) is 0 Å². The van der Waals surface area contributed by atoms with Crippen LogP contribution in [0.1, 0.15) is 0 Å². The second kappa shape index (κ2) is 4.23. The van der Waals surface area contributed by atoms with Gasteiger partial charge in [-0.1, -0.05) is 17.3 Å². The zero-order chi connectivity index (χ0) is 13.4. The molecule has 0 unspecified atom stereocenters. The molecule has 1 N–H and O–H groups in total. The van der Waals surface area contributed by atoms with E-state index >= 15 is 0 Å². The van der Waals surface area contributed by atoms with Crippen molar-refractivity contribution in [3.05, 3.63) is 36.4 Å². The summed E-state index contributed by atoms with van der Waals surface area (Å²) in [7, 11) is 0. The number of nitrogens with one attached hydrogen (secondary N) is 1. The third-order valence-electron chi connectivity index (χ3n) is 2.90. The van der Waals surface area contributed by atoms with Crippen LogP contribution in [-0.2, 0) is 6.67 Å². The van der Waals surface area contributed by atoms with E-state index in [1.165, 1.54) is 4.63 Å². The topological polar surface area (TPSA) is 98.7 Å². The average Bonchev–Trinajstić information content (AvgIpc) is 3.11. The summed E-state index contributed by atoms with van der Waals surface area (Å²) in [5, 5.41) is 26.6. The minimum Gasteiger partial charge on any atom is -0.349 e. The number of tetrazole rings is 1. The van der Waals surface area contributed by atoms with Crippen molar-refractivity contribution in [1.29, 1.82) is 0 Å². The highest BCUT2D eigenvalue weighted by molar-refractivity contribution is 5.73. The Morgan fingerprint density at radius 2 is 1.95 bits per heavy atom. The van der Waals surface area contributed by atoms with Gasteiger partial charge in [0, 0.05) is 0 Å². The quantitative estimate of drug-likeness (QED) is 0.571. The van der Waals surface area contributed by atoms with Gasteiger partial charge in [0.15, 0.2) is 5.65 Å². The Kier molecular flexibility index (Phi) is 2.28. The van der Waals surface area contributed by atoms with Crippen molar-refractivity contribution in [2.75, 3.05) is 5.32 Å². The van der Waals surface area contributed by atoms with Crippen molar-refractivity contribution in [3.63, 3.8) is 0 Å². The van der Waals surface area contributed by atoms with E-state index in [1.54, 1.807) is 10.7 Å². The van der Waals surface area contributed by atoms with Crippen LogP contribution in [0.5, 0.6) is 0 Å². The van der Waals surface area contributed by atoms with Gasteiger partial charge in [0.2, 0.25) is 0 Å². The van der Waals surface area contributed by atoms with Gasteiger partial charge in [-0.05, 0) is 34.7 Å². The summed E-state index contributed by atoms with van der Waals surface area (Å²) >= 11 is 0. The first-order valence-corrected chi connectivity index (χ1v) is 5.98. The van der Waals surface area contributed by atoms with E-state index in [-0.39, 0.29) is 0 Å². The molecule has 0 aliphatic carbocycles. The molecule has 1 aromatic carbocycles. The standard InChI is InChI=1S/C11H9N9/c1-2-4-9-8(3-1)13-17-19(9)7-12-10-5-6-11-14-16-18-20(11)15-10/h1-6H,7H2,(H,12,15). The third-order valence-corrected chi connectivity index (χ3v) is 2.90.